The molecule has 0 aliphatic heterocycles. The van der Waals surface area contributed by atoms with E-state index in [1.807, 2.05) is 36.5 Å². The molecule has 2 heterocycles. The third-order valence-electron chi connectivity index (χ3n) is 4.83. The lowest BCUT2D eigenvalue weighted by molar-refractivity contribution is -0.116. The number of aromatic amines is 1. The SMILES string of the molecule is CC(=O)N(C)c1ccc(Nc2nc(NC3CCC3)c3[nH]ccc3n2)cc1. The quantitative estimate of drug-likeness (QED) is 0.654. The van der Waals surface area contributed by atoms with Gasteiger partial charge in [0.15, 0.2) is 5.82 Å². The highest BCUT2D eigenvalue weighted by atomic mass is 16.2. The molecule has 0 atom stereocenters. The summed E-state index contributed by atoms with van der Waals surface area (Å²) in [5, 5.41) is 6.75. The number of carbonyl (C=O) groups is 1. The highest BCUT2D eigenvalue weighted by Gasteiger charge is 2.19. The average molecular weight is 350 g/mol. The summed E-state index contributed by atoms with van der Waals surface area (Å²) in [4.78, 5) is 25.5. The lowest BCUT2D eigenvalue weighted by Crippen LogP contribution is -2.27. The fourth-order valence-corrected chi connectivity index (χ4v) is 2.93. The largest absolute Gasteiger partial charge is 0.365 e. The molecule has 7 nitrogen and oxygen atoms in total. The van der Waals surface area contributed by atoms with Crippen LogP contribution in [0.5, 0.6) is 0 Å². The van der Waals surface area contributed by atoms with Crippen molar-refractivity contribution in [2.45, 2.75) is 32.2 Å². The Morgan fingerprint density at radius 1 is 1.19 bits per heavy atom. The number of H-pyrrole nitrogens is 1. The Labute approximate surface area is 151 Å². The number of amides is 1. The minimum Gasteiger partial charge on any atom is -0.365 e. The molecule has 1 aliphatic carbocycles. The minimum absolute atomic E-state index is 0.00124. The van der Waals surface area contributed by atoms with Gasteiger partial charge in [-0.05, 0) is 49.6 Å². The molecule has 0 unspecified atom stereocenters. The van der Waals surface area contributed by atoms with Gasteiger partial charge in [-0.3, -0.25) is 4.79 Å². The topological polar surface area (TPSA) is 85.9 Å². The van der Waals surface area contributed by atoms with E-state index >= 15 is 0 Å². The van der Waals surface area contributed by atoms with Crippen molar-refractivity contribution in [1.82, 2.24) is 15.0 Å². The van der Waals surface area contributed by atoms with Gasteiger partial charge in [-0.2, -0.15) is 4.98 Å². The van der Waals surface area contributed by atoms with Crippen molar-refractivity contribution in [2.75, 3.05) is 22.6 Å². The summed E-state index contributed by atoms with van der Waals surface area (Å²) < 4.78 is 0. The zero-order valence-corrected chi connectivity index (χ0v) is 14.9. The maximum Gasteiger partial charge on any atom is 0.229 e. The second kappa shape index (κ2) is 6.67. The van der Waals surface area contributed by atoms with Crippen molar-refractivity contribution >= 4 is 40.1 Å². The molecule has 0 saturated heterocycles. The second-order valence-electron chi connectivity index (χ2n) is 6.66. The van der Waals surface area contributed by atoms with E-state index in [-0.39, 0.29) is 5.91 Å². The predicted molar refractivity (Wildman–Crippen MR) is 104 cm³/mol. The molecule has 1 aromatic carbocycles. The van der Waals surface area contributed by atoms with E-state index in [9.17, 15) is 4.79 Å². The molecule has 0 radical (unpaired) electrons. The molecular formula is C19H22N6O. The van der Waals surface area contributed by atoms with Gasteiger partial charge in [0.1, 0.15) is 5.52 Å². The number of fused-ring (bicyclic) bond motifs is 1. The Morgan fingerprint density at radius 2 is 1.96 bits per heavy atom. The van der Waals surface area contributed by atoms with E-state index in [0.717, 1.165) is 28.2 Å². The zero-order valence-electron chi connectivity index (χ0n) is 14.9. The lowest BCUT2D eigenvalue weighted by Gasteiger charge is -2.27. The van der Waals surface area contributed by atoms with Crippen LogP contribution < -0.4 is 15.5 Å². The van der Waals surface area contributed by atoms with E-state index < -0.39 is 0 Å². The standard InChI is InChI=1S/C19H22N6O/c1-12(26)25(2)15-8-6-14(7-9-15)22-19-23-16-10-11-20-17(16)18(24-19)21-13-4-3-5-13/h6-11,13,20H,3-5H2,1-2H3,(H2,21,22,23,24). The number of hydrogen-bond donors (Lipinski definition) is 3. The van der Waals surface area contributed by atoms with Crippen LogP contribution in [0.4, 0.5) is 23.1 Å². The van der Waals surface area contributed by atoms with Gasteiger partial charge in [0.05, 0.1) is 5.52 Å². The first kappa shape index (κ1) is 16.4. The Morgan fingerprint density at radius 3 is 2.62 bits per heavy atom. The zero-order chi connectivity index (χ0) is 18.1. The third kappa shape index (κ3) is 3.20. The molecule has 1 saturated carbocycles. The molecule has 3 N–H and O–H groups in total. The summed E-state index contributed by atoms with van der Waals surface area (Å²) in [6.07, 6.45) is 5.50. The molecule has 0 bridgehead atoms. The average Bonchev–Trinajstić information content (AvgIpc) is 3.06. The second-order valence-corrected chi connectivity index (χ2v) is 6.66. The van der Waals surface area contributed by atoms with Crippen LogP contribution in [0.15, 0.2) is 36.5 Å². The van der Waals surface area contributed by atoms with Crippen LogP contribution >= 0.6 is 0 Å². The van der Waals surface area contributed by atoms with Crippen molar-refractivity contribution in [1.29, 1.82) is 0 Å². The normalized spacial score (nSPS) is 14.1. The molecule has 1 aliphatic rings. The molecule has 7 heteroatoms. The van der Waals surface area contributed by atoms with Crippen LogP contribution in [0.1, 0.15) is 26.2 Å². The highest BCUT2D eigenvalue weighted by molar-refractivity contribution is 5.91. The van der Waals surface area contributed by atoms with Crippen LogP contribution in [0, 0.1) is 0 Å². The van der Waals surface area contributed by atoms with E-state index in [0.29, 0.717) is 12.0 Å². The molecule has 1 amide bonds. The van der Waals surface area contributed by atoms with E-state index in [1.165, 1.54) is 19.3 Å². The van der Waals surface area contributed by atoms with E-state index in [1.54, 1.807) is 18.9 Å². The smallest absolute Gasteiger partial charge is 0.229 e. The first-order valence-corrected chi connectivity index (χ1v) is 8.83. The van der Waals surface area contributed by atoms with E-state index in [4.69, 9.17) is 0 Å². The van der Waals surface area contributed by atoms with Crippen molar-refractivity contribution in [3.8, 4) is 0 Å². The summed E-state index contributed by atoms with van der Waals surface area (Å²) in [5.41, 5.74) is 3.52. The first-order chi connectivity index (χ1) is 12.6. The molecule has 2 aromatic heterocycles. The monoisotopic (exact) mass is 350 g/mol. The van der Waals surface area contributed by atoms with Crippen molar-refractivity contribution in [3.63, 3.8) is 0 Å². The maximum absolute atomic E-state index is 11.5. The van der Waals surface area contributed by atoms with Gasteiger partial charge < -0.3 is 20.5 Å². The van der Waals surface area contributed by atoms with Crippen molar-refractivity contribution in [3.05, 3.63) is 36.5 Å². The highest BCUT2D eigenvalue weighted by Crippen LogP contribution is 2.28. The van der Waals surface area contributed by atoms with Crippen LogP contribution in [0.25, 0.3) is 11.0 Å². The Kier molecular flexibility index (Phi) is 4.20. The summed E-state index contributed by atoms with van der Waals surface area (Å²) in [6, 6.07) is 10.1. The molecule has 1 fully saturated rings. The summed E-state index contributed by atoms with van der Waals surface area (Å²) in [5.74, 6) is 1.38. The Bertz CT molecular complexity index is 929. The summed E-state index contributed by atoms with van der Waals surface area (Å²) in [6.45, 7) is 1.54. The molecule has 3 aromatic rings. The molecule has 134 valence electrons. The minimum atomic E-state index is -0.00124. The number of benzene rings is 1. The van der Waals surface area contributed by atoms with Crippen LogP contribution in [-0.4, -0.2) is 33.9 Å². The maximum atomic E-state index is 11.5. The van der Waals surface area contributed by atoms with Gasteiger partial charge in [0.25, 0.3) is 0 Å². The van der Waals surface area contributed by atoms with Gasteiger partial charge >= 0.3 is 0 Å². The van der Waals surface area contributed by atoms with Gasteiger partial charge in [-0.15, -0.1) is 0 Å². The number of aromatic nitrogens is 3. The van der Waals surface area contributed by atoms with Crippen LogP contribution in [0.3, 0.4) is 0 Å². The van der Waals surface area contributed by atoms with Crippen molar-refractivity contribution in [2.24, 2.45) is 0 Å². The number of rotatable bonds is 5. The number of anilines is 4. The molecular weight excluding hydrogens is 328 g/mol. The Balaban J connectivity index is 1.57. The van der Waals surface area contributed by atoms with Gasteiger partial charge in [-0.1, -0.05) is 0 Å². The summed E-state index contributed by atoms with van der Waals surface area (Å²) >= 11 is 0. The third-order valence-corrected chi connectivity index (χ3v) is 4.83. The van der Waals surface area contributed by atoms with Crippen molar-refractivity contribution < 1.29 is 4.79 Å². The van der Waals surface area contributed by atoms with Crippen LogP contribution in [0.2, 0.25) is 0 Å². The van der Waals surface area contributed by atoms with Gasteiger partial charge in [-0.25, -0.2) is 4.98 Å². The van der Waals surface area contributed by atoms with Crippen LogP contribution in [-0.2, 0) is 4.79 Å². The number of carbonyl (C=O) groups excluding carboxylic acids is 1. The fourth-order valence-electron chi connectivity index (χ4n) is 2.93. The van der Waals surface area contributed by atoms with E-state index in [2.05, 4.69) is 25.6 Å². The number of hydrogen-bond acceptors (Lipinski definition) is 5. The molecule has 0 spiro atoms. The molecule has 4 rings (SSSR count). The lowest BCUT2D eigenvalue weighted by atomic mass is 9.93. The Hall–Kier alpha value is -3.09. The first-order valence-electron chi connectivity index (χ1n) is 8.83. The fraction of sp³-hybridized carbons (Fsp3) is 0.316. The van der Waals surface area contributed by atoms with Gasteiger partial charge in [0.2, 0.25) is 11.9 Å². The summed E-state index contributed by atoms with van der Waals surface area (Å²) in [7, 11) is 1.76. The predicted octanol–water partition coefficient (Wildman–Crippen LogP) is 3.65. The van der Waals surface area contributed by atoms with Gasteiger partial charge in [0, 0.05) is 37.6 Å². The molecule has 26 heavy (non-hydrogen) atoms. The number of nitrogens with one attached hydrogen (secondary N) is 3. The number of nitrogens with zero attached hydrogens (tertiary/aromatic N) is 3.